The number of hydrogen-bond acceptors (Lipinski definition) is 5. The van der Waals surface area contributed by atoms with Gasteiger partial charge in [0.1, 0.15) is 5.75 Å². The molecular weight excluding hydrogens is 414 g/mol. The highest BCUT2D eigenvalue weighted by atomic mass is 32.2. The van der Waals surface area contributed by atoms with E-state index in [1.807, 2.05) is 18.2 Å². The number of carbonyl (C=O) groups excluding carboxylic acids is 1. The highest BCUT2D eigenvalue weighted by Crippen LogP contribution is 2.35. The van der Waals surface area contributed by atoms with E-state index in [4.69, 9.17) is 4.74 Å². The summed E-state index contributed by atoms with van der Waals surface area (Å²) in [6, 6.07) is 16.0. The summed E-state index contributed by atoms with van der Waals surface area (Å²) >= 11 is 0. The van der Waals surface area contributed by atoms with Crippen LogP contribution >= 0.6 is 0 Å². The molecule has 0 spiro atoms. The fraction of sp³-hybridized carbons (Fsp3) is 0.435. The molecule has 7 nitrogen and oxygen atoms in total. The molecule has 1 amide bonds. The first-order chi connectivity index (χ1) is 15.0. The number of para-hydroxylation sites is 2. The molecule has 1 N–H and O–H groups in total. The minimum Gasteiger partial charge on any atom is -0.476 e. The lowest BCUT2D eigenvalue weighted by Crippen LogP contribution is -2.51. The number of amides is 1. The molecule has 0 unspecified atom stereocenters. The van der Waals surface area contributed by atoms with Gasteiger partial charge in [0, 0.05) is 13.1 Å². The van der Waals surface area contributed by atoms with Gasteiger partial charge >= 0.3 is 0 Å². The number of rotatable bonds is 7. The fourth-order valence-corrected chi connectivity index (χ4v) is 5.68. The van der Waals surface area contributed by atoms with E-state index in [2.05, 4.69) is 10.2 Å². The van der Waals surface area contributed by atoms with E-state index >= 15 is 0 Å². The molecule has 0 saturated carbocycles. The van der Waals surface area contributed by atoms with Crippen LogP contribution in [0.3, 0.4) is 0 Å². The van der Waals surface area contributed by atoms with Crippen LogP contribution < -0.4 is 14.4 Å². The number of hydrogen-bond donors (Lipinski definition) is 1. The van der Waals surface area contributed by atoms with Gasteiger partial charge in [0.15, 0.2) is 6.10 Å². The Hall–Kier alpha value is -2.58. The minimum atomic E-state index is -3.69. The maximum atomic E-state index is 13.2. The van der Waals surface area contributed by atoms with E-state index in [9.17, 15) is 13.2 Å². The van der Waals surface area contributed by atoms with Gasteiger partial charge in [0.25, 0.3) is 5.91 Å². The molecule has 8 heteroatoms. The number of piperidine rings is 1. The smallest absolute Gasteiger partial charge is 0.263 e. The predicted octanol–water partition coefficient (Wildman–Crippen LogP) is 2.39. The molecule has 2 aromatic rings. The van der Waals surface area contributed by atoms with Gasteiger partial charge in [-0.05, 0) is 43.6 Å². The second-order valence-corrected chi connectivity index (χ2v) is 9.93. The molecule has 1 saturated heterocycles. The first-order valence-corrected chi connectivity index (χ1v) is 12.4. The number of ether oxygens (including phenoxy) is 1. The summed E-state index contributed by atoms with van der Waals surface area (Å²) in [4.78, 5) is 15.1. The van der Waals surface area contributed by atoms with Crippen molar-refractivity contribution in [1.29, 1.82) is 0 Å². The lowest BCUT2D eigenvalue weighted by Gasteiger charge is -2.35. The van der Waals surface area contributed by atoms with E-state index in [1.165, 1.54) is 23.6 Å². The number of anilines is 1. The van der Waals surface area contributed by atoms with E-state index in [-0.39, 0.29) is 18.2 Å². The van der Waals surface area contributed by atoms with Gasteiger partial charge in [-0.2, -0.15) is 0 Å². The molecule has 2 aliphatic rings. The van der Waals surface area contributed by atoms with Crippen LogP contribution in [0.4, 0.5) is 5.69 Å². The van der Waals surface area contributed by atoms with Crippen molar-refractivity contribution in [3.8, 4) is 5.75 Å². The number of fused-ring (bicyclic) bond motifs is 1. The molecule has 0 bridgehead atoms. The molecule has 2 aromatic carbocycles. The summed E-state index contributed by atoms with van der Waals surface area (Å²) in [6.45, 7) is 3.41. The molecule has 2 heterocycles. The maximum absolute atomic E-state index is 13.2. The van der Waals surface area contributed by atoms with Gasteiger partial charge in [-0.3, -0.25) is 9.10 Å². The summed E-state index contributed by atoms with van der Waals surface area (Å²) in [5.74, 6) is -0.0149. The van der Waals surface area contributed by atoms with Crippen molar-refractivity contribution < 1.29 is 17.9 Å². The third-order valence-corrected chi connectivity index (χ3v) is 7.45. The summed E-state index contributed by atoms with van der Waals surface area (Å²) in [6.07, 6.45) is 2.78. The number of benzene rings is 2. The molecule has 1 fully saturated rings. The topological polar surface area (TPSA) is 79.0 Å². The highest BCUT2D eigenvalue weighted by molar-refractivity contribution is 7.92. The maximum Gasteiger partial charge on any atom is 0.263 e. The van der Waals surface area contributed by atoms with Crippen molar-refractivity contribution in [3.05, 3.63) is 60.2 Å². The van der Waals surface area contributed by atoms with Crippen LogP contribution in [0.2, 0.25) is 0 Å². The van der Waals surface area contributed by atoms with Crippen LogP contribution in [0.1, 0.15) is 24.8 Å². The normalized spacial score (nSPS) is 19.4. The summed E-state index contributed by atoms with van der Waals surface area (Å²) in [5, 5.41) is 2.93. The monoisotopic (exact) mass is 443 g/mol. The van der Waals surface area contributed by atoms with Crippen LogP contribution in [0.25, 0.3) is 0 Å². The van der Waals surface area contributed by atoms with Crippen molar-refractivity contribution in [3.63, 3.8) is 0 Å². The second kappa shape index (κ2) is 9.70. The summed E-state index contributed by atoms with van der Waals surface area (Å²) < 4.78 is 33.7. The molecule has 166 valence electrons. The average Bonchev–Trinajstić information content (AvgIpc) is 2.79. The highest BCUT2D eigenvalue weighted by Gasteiger charge is 2.36. The van der Waals surface area contributed by atoms with Crippen molar-refractivity contribution in [2.45, 2.75) is 31.1 Å². The van der Waals surface area contributed by atoms with Crippen molar-refractivity contribution in [2.24, 2.45) is 0 Å². The Kier molecular flexibility index (Phi) is 6.77. The Morgan fingerprint density at radius 2 is 1.71 bits per heavy atom. The van der Waals surface area contributed by atoms with E-state index in [1.54, 1.807) is 36.4 Å². The van der Waals surface area contributed by atoms with Crippen LogP contribution in [0, 0.1) is 0 Å². The third kappa shape index (κ3) is 5.37. The number of sulfonamides is 1. The standard InChI is InChI=1S/C23H29N3O4S/c27-23(24-13-16-25-14-7-2-8-15-25)22-17-26(20-11-5-6-12-21(20)30-22)31(28,29)18-19-9-3-1-4-10-19/h1,3-6,9-12,22H,2,7-8,13-18H2,(H,24,27)/t22-/m0/s1. The lowest BCUT2D eigenvalue weighted by atomic mass is 10.1. The van der Waals surface area contributed by atoms with Gasteiger partial charge in [-0.25, -0.2) is 8.42 Å². The molecular formula is C23H29N3O4S. The third-order valence-electron chi connectivity index (χ3n) is 5.73. The van der Waals surface area contributed by atoms with Crippen molar-refractivity contribution in [1.82, 2.24) is 10.2 Å². The van der Waals surface area contributed by atoms with Crippen LogP contribution in [-0.2, 0) is 20.6 Å². The minimum absolute atomic E-state index is 0.0400. The molecule has 4 rings (SSSR count). The fourth-order valence-electron chi connectivity index (χ4n) is 4.10. The zero-order chi connectivity index (χ0) is 21.7. The zero-order valence-corrected chi connectivity index (χ0v) is 18.4. The Morgan fingerprint density at radius 3 is 2.48 bits per heavy atom. The number of nitrogens with one attached hydrogen (secondary N) is 1. The van der Waals surface area contributed by atoms with Crippen LogP contribution in [-0.4, -0.2) is 58.1 Å². The van der Waals surface area contributed by atoms with Gasteiger partial charge in [-0.15, -0.1) is 0 Å². The molecule has 2 aliphatic heterocycles. The van der Waals surface area contributed by atoms with Crippen LogP contribution in [0.15, 0.2) is 54.6 Å². The average molecular weight is 444 g/mol. The van der Waals surface area contributed by atoms with Crippen molar-refractivity contribution >= 4 is 21.6 Å². The number of carbonyl (C=O) groups is 1. The van der Waals surface area contributed by atoms with E-state index < -0.39 is 16.1 Å². The largest absolute Gasteiger partial charge is 0.476 e. The Labute approximate surface area is 184 Å². The molecule has 0 radical (unpaired) electrons. The molecule has 1 atom stereocenters. The Bertz CT molecular complexity index is 991. The van der Waals surface area contributed by atoms with E-state index in [0.717, 1.165) is 19.6 Å². The molecule has 31 heavy (non-hydrogen) atoms. The SMILES string of the molecule is O=C(NCCN1CCCCC1)[C@@H]1CN(S(=O)(=O)Cc2ccccc2)c2ccccc2O1. The zero-order valence-electron chi connectivity index (χ0n) is 17.6. The number of nitrogens with zero attached hydrogens (tertiary/aromatic N) is 2. The predicted molar refractivity (Wildman–Crippen MR) is 121 cm³/mol. The Balaban J connectivity index is 1.45. The van der Waals surface area contributed by atoms with Gasteiger partial charge < -0.3 is 15.0 Å². The Morgan fingerprint density at radius 1 is 1.00 bits per heavy atom. The molecule has 0 aromatic heterocycles. The van der Waals surface area contributed by atoms with Gasteiger partial charge in [0.05, 0.1) is 18.0 Å². The summed E-state index contributed by atoms with van der Waals surface area (Å²) in [7, 11) is -3.69. The lowest BCUT2D eigenvalue weighted by molar-refractivity contribution is -0.127. The first kappa shape index (κ1) is 21.6. The second-order valence-electron chi connectivity index (χ2n) is 8.04. The van der Waals surface area contributed by atoms with Gasteiger partial charge in [0.2, 0.25) is 10.0 Å². The first-order valence-electron chi connectivity index (χ1n) is 10.8. The van der Waals surface area contributed by atoms with Crippen molar-refractivity contribution in [2.75, 3.05) is 37.0 Å². The molecule has 0 aliphatic carbocycles. The van der Waals surface area contributed by atoms with Crippen LogP contribution in [0.5, 0.6) is 5.75 Å². The summed E-state index contributed by atoms with van der Waals surface area (Å²) in [5.41, 5.74) is 1.17. The quantitative estimate of drug-likeness (QED) is 0.711. The van der Waals surface area contributed by atoms with E-state index in [0.29, 0.717) is 23.5 Å². The number of likely N-dealkylation sites (tertiary alicyclic amines) is 1. The van der Waals surface area contributed by atoms with Gasteiger partial charge in [-0.1, -0.05) is 48.9 Å².